The van der Waals surface area contributed by atoms with Gasteiger partial charge in [0, 0.05) is 6.20 Å². The Bertz CT molecular complexity index is 293. The van der Waals surface area contributed by atoms with Gasteiger partial charge in [0.25, 0.3) is 0 Å². The van der Waals surface area contributed by atoms with Crippen molar-refractivity contribution in [1.82, 2.24) is 4.98 Å². The van der Waals surface area contributed by atoms with E-state index in [9.17, 15) is 0 Å². The lowest BCUT2D eigenvalue weighted by Crippen LogP contribution is -1.97. The third-order valence-corrected chi connectivity index (χ3v) is 2.95. The molecular formula is C7H7ClINO2. The topological polar surface area (TPSA) is 42.4 Å². The van der Waals surface area contributed by atoms with Crippen LogP contribution in [-0.2, 0) is 6.61 Å². The molecule has 0 fully saturated rings. The Labute approximate surface area is 88.9 Å². The number of ether oxygens (including phenoxy) is 1. The molecule has 0 unspecified atom stereocenters. The highest BCUT2D eigenvalue weighted by atomic mass is 127. The van der Waals surface area contributed by atoms with E-state index in [0.717, 1.165) is 3.57 Å². The molecule has 0 aliphatic heterocycles. The van der Waals surface area contributed by atoms with Gasteiger partial charge in [-0.25, -0.2) is 4.98 Å². The van der Waals surface area contributed by atoms with Crippen LogP contribution >= 0.6 is 34.2 Å². The predicted molar refractivity (Wildman–Crippen MR) is 54.4 cm³/mol. The molecule has 0 aliphatic rings. The summed E-state index contributed by atoms with van der Waals surface area (Å²) in [4.78, 5) is 3.95. The molecule has 1 aromatic heterocycles. The second-order valence-electron chi connectivity index (χ2n) is 2.07. The summed E-state index contributed by atoms with van der Waals surface area (Å²) in [6.45, 7) is -0.161. The van der Waals surface area contributed by atoms with Crippen molar-refractivity contribution in [2.75, 3.05) is 7.11 Å². The molecule has 1 N–H and O–H groups in total. The smallest absolute Gasteiger partial charge is 0.220 e. The van der Waals surface area contributed by atoms with Crippen LogP contribution in [0.15, 0.2) is 6.20 Å². The number of hydrogen-bond acceptors (Lipinski definition) is 3. The average Bonchev–Trinajstić information content (AvgIpc) is 2.09. The maximum atomic E-state index is 8.95. The zero-order chi connectivity index (χ0) is 9.14. The van der Waals surface area contributed by atoms with Crippen LogP contribution in [0.25, 0.3) is 0 Å². The van der Waals surface area contributed by atoms with Gasteiger partial charge in [0.2, 0.25) is 5.88 Å². The van der Waals surface area contributed by atoms with Gasteiger partial charge in [-0.15, -0.1) is 0 Å². The van der Waals surface area contributed by atoms with Gasteiger partial charge < -0.3 is 9.84 Å². The normalized spacial score (nSPS) is 10.0. The van der Waals surface area contributed by atoms with Gasteiger partial charge in [-0.05, 0) is 22.6 Å². The number of rotatable bonds is 2. The van der Waals surface area contributed by atoms with Gasteiger partial charge in [0.15, 0.2) is 0 Å². The van der Waals surface area contributed by atoms with Crippen molar-refractivity contribution in [3.05, 3.63) is 20.4 Å². The van der Waals surface area contributed by atoms with Crippen LogP contribution in [0.3, 0.4) is 0 Å². The van der Waals surface area contributed by atoms with Crippen molar-refractivity contribution in [1.29, 1.82) is 0 Å². The number of pyridine rings is 1. The Morgan fingerprint density at radius 3 is 2.92 bits per heavy atom. The molecule has 1 aromatic rings. The van der Waals surface area contributed by atoms with Gasteiger partial charge in [0.05, 0.1) is 27.9 Å². The Morgan fingerprint density at radius 2 is 2.42 bits per heavy atom. The quantitative estimate of drug-likeness (QED) is 0.847. The van der Waals surface area contributed by atoms with Crippen LogP contribution in [-0.4, -0.2) is 17.2 Å². The Balaban J connectivity index is 3.25. The predicted octanol–water partition coefficient (Wildman–Crippen LogP) is 1.84. The maximum absolute atomic E-state index is 8.95. The Hall–Kier alpha value is -0.0700. The third kappa shape index (κ3) is 1.81. The molecule has 3 nitrogen and oxygen atoms in total. The number of halogens is 2. The summed E-state index contributed by atoms with van der Waals surface area (Å²) in [5.74, 6) is 0.378. The van der Waals surface area contributed by atoms with Crippen molar-refractivity contribution >= 4 is 34.2 Å². The number of aromatic nitrogens is 1. The summed E-state index contributed by atoms with van der Waals surface area (Å²) in [6.07, 6.45) is 1.60. The largest absolute Gasteiger partial charge is 0.481 e. The summed E-state index contributed by atoms with van der Waals surface area (Å²) in [5.41, 5.74) is 0.533. The second-order valence-corrected chi connectivity index (χ2v) is 3.61. The third-order valence-electron chi connectivity index (χ3n) is 1.38. The van der Waals surface area contributed by atoms with Crippen molar-refractivity contribution in [2.24, 2.45) is 0 Å². The molecule has 66 valence electrons. The van der Waals surface area contributed by atoms with E-state index in [2.05, 4.69) is 4.98 Å². The number of hydrogen-bond donors (Lipinski definition) is 1. The van der Waals surface area contributed by atoms with Crippen molar-refractivity contribution < 1.29 is 9.84 Å². The minimum atomic E-state index is -0.161. The second kappa shape index (κ2) is 4.25. The first kappa shape index (κ1) is 10.0. The van der Waals surface area contributed by atoms with Crippen LogP contribution in [0.2, 0.25) is 5.02 Å². The SMILES string of the molecule is COc1ncc(I)c(Cl)c1CO. The van der Waals surface area contributed by atoms with E-state index >= 15 is 0 Å². The van der Waals surface area contributed by atoms with Crippen LogP contribution in [0, 0.1) is 3.57 Å². The number of methoxy groups -OCH3 is 1. The summed E-state index contributed by atoms with van der Waals surface area (Å²) < 4.78 is 5.72. The van der Waals surface area contributed by atoms with Gasteiger partial charge in [-0.3, -0.25) is 0 Å². The van der Waals surface area contributed by atoms with E-state index in [1.54, 1.807) is 6.20 Å². The van der Waals surface area contributed by atoms with E-state index in [0.29, 0.717) is 16.5 Å². The fourth-order valence-corrected chi connectivity index (χ4v) is 1.46. The molecule has 0 amide bonds. The van der Waals surface area contributed by atoms with Gasteiger partial charge in [-0.1, -0.05) is 11.6 Å². The molecule has 0 saturated heterocycles. The number of aliphatic hydroxyl groups excluding tert-OH is 1. The fraction of sp³-hybridized carbons (Fsp3) is 0.286. The molecule has 0 atom stereocenters. The summed E-state index contributed by atoms with van der Waals surface area (Å²) >= 11 is 7.93. The van der Waals surface area contributed by atoms with Gasteiger partial charge >= 0.3 is 0 Å². The Morgan fingerprint density at radius 1 is 1.75 bits per heavy atom. The van der Waals surface area contributed by atoms with Crippen LogP contribution in [0.1, 0.15) is 5.56 Å². The minimum absolute atomic E-state index is 0.161. The van der Waals surface area contributed by atoms with E-state index in [1.165, 1.54) is 7.11 Å². The fourth-order valence-electron chi connectivity index (χ4n) is 0.801. The van der Waals surface area contributed by atoms with Crippen molar-refractivity contribution in [3.8, 4) is 5.88 Å². The molecule has 1 heterocycles. The molecule has 0 aromatic carbocycles. The first-order chi connectivity index (χ1) is 5.70. The lowest BCUT2D eigenvalue weighted by molar-refractivity contribution is 0.271. The molecule has 0 saturated carbocycles. The van der Waals surface area contributed by atoms with Crippen LogP contribution in [0.5, 0.6) is 5.88 Å². The highest BCUT2D eigenvalue weighted by Crippen LogP contribution is 2.28. The van der Waals surface area contributed by atoms with E-state index in [1.807, 2.05) is 22.6 Å². The highest BCUT2D eigenvalue weighted by Gasteiger charge is 2.10. The number of nitrogens with zero attached hydrogens (tertiary/aromatic N) is 1. The maximum Gasteiger partial charge on any atom is 0.220 e. The first-order valence-corrected chi connectivity index (χ1v) is 4.64. The van der Waals surface area contributed by atoms with Gasteiger partial charge in [-0.2, -0.15) is 0 Å². The standard InChI is InChI=1S/C7H7ClINO2/c1-12-7-4(3-11)6(8)5(9)2-10-7/h2,11H,3H2,1H3. The first-order valence-electron chi connectivity index (χ1n) is 3.18. The Kier molecular flexibility index (Phi) is 3.54. The van der Waals surface area contributed by atoms with Crippen LogP contribution in [0.4, 0.5) is 0 Å². The molecule has 0 radical (unpaired) electrons. The summed E-state index contributed by atoms with van der Waals surface area (Å²) in [7, 11) is 1.49. The zero-order valence-electron chi connectivity index (χ0n) is 6.34. The number of aliphatic hydroxyl groups is 1. The highest BCUT2D eigenvalue weighted by molar-refractivity contribution is 14.1. The molecule has 0 aliphatic carbocycles. The van der Waals surface area contributed by atoms with E-state index in [4.69, 9.17) is 21.4 Å². The lowest BCUT2D eigenvalue weighted by Gasteiger charge is -2.07. The molecule has 0 bridgehead atoms. The molecule has 1 rings (SSSR count). The van der Waals surface area contributed by atoms with Crippen molar-refractivity contribution in [3.63, 3.8) is 0 Å². The molecule has 0 spiro atoms. The minimum Gasteiger partial charge on any atom is -0.481 e. The van der Waals surface area contributed by atoms with Gasteiger partial charge in [0.1, 0.15) is 0 Å². The molecular weight excluding hydrogens is 292 g/mol. The zero-order valence-corrected chi connectivity index (χ0v) is 9.26. The van der Waals surface area contributed by atoms with E-state index in [-0.39, 0.29) is 6.61 Å². The van der Waals surface area contributed by atoms with Crippen LogP contribution < -0.4 is 4.74 Å². The monoisotopic (exact) mass is 299 g/mol. The molecule has 5 heteroatoms. The van der Waals surface area contributed by atoms with E-state index < -0.39 is 0 Å². The average molecular weight is 299 g/mol. The van der Waals surface area contributed by atoms with Crippen molar-refractivity contribution in [2.45, 2.75) is 6.61 Å². The molecule has 12 heavy (non-hydrogen) atoms. The lowest BCUT2D eigenvalue weighted by atomic mass is 10.3. The summed E-state index contributed by atoms with van der Waals surface area (Å²) in [5, 5.41) is 9.45. The summed E-state index contributed by atoms with van der Waals surface area (Å²) in [6, 6.07) is 0.